The molecule has 1 unspecified atom stereocenters. The maximum absolute atomic E-state index is 13.6. The number of methoxy groups -OCH3 is 1. The predicted octanol–water partition coefficient (Wildman–Crippen LogP) is 2.49. The molecule has 0 saturated heterocycles. The maximum atomic E-state index is 13.6. The molecule has 1 aromatic carbocycles. The minimum atomic E-state index is -0.257. The van der Waals surface area contributed by atoms with Crippen LogP contribution in [0.4, 0.5) is 4.39 Å². The molecule has 0 heterocycles. The van der Waals surface area contributed by atoms with Crippen LogP contribution in [0.2, 0.25) is 0 Å². The van der Waals surface area contributed by atoms with Crippen molar-refractivity contribution in [2.75, 3.05) is 13.7 Å². The molecule has 0 radical (unpaired) electrons. The van der Waals surface area contributed by atoms with Crippen LogP contribution in [0.15, 0.2) is 12.1 Å². The molecule has 1 rings (SSSR count). The first-order valence-corrected chi connectivity index (χ1v) is 5.11. The monoisotopic (exact) mass is 212 g/mol. The van der Waals surface area contributed by atoms with Gasteiger partial charge in [-0.1, -0.05) is 13.8 Å². The second-order valence-corrected chi connectivity index (χ2v) is 3.62. The van der Waals surface area contributed by atoms with Gasteiger partial charge in [-0.05, 0) is 24.1 Å². The van der Waals surface area contributed by atoms with Gasteiger partial charge in [-0.15, -0.1) is 0 Å². The van der Waals surface area contributed by atoms with Crippen molar-refractivity contribution < 1.29 is 14.2 Å². The van der Waals surface area contributed by atoms with Gasteiger partial charge in [-0.25, -0.2) is 4.39 Å². The van der Waals surface area contributed by atoms with Gasteiger partial charge in [0.25, 0.3) is 0 Å². The standard InChI is InChI=1S/C12H17FO2/c1-4-10-11(13)5-9(8(2)7-14)6-12(10)15-3/h5-6,8,14H,4,7H2,1-3H3. The van der Waals surface area contributed by atoms with E-state index >= 15 is 0 Å². The SMILES string of the molecule is CCc1c(F)cc(C(C)CO)cc1OC. The molecule has 0 aromatic heterocycles. The Bertz CT molecular complexity index is 337. The highest BCUT2D eigenvalue weighted by Gasteiger charge is 2.13. The molecule has 0 bridgehead atoms. The molecule has 1 atom stereocenters. The van der Waals surface area contributed by atoms with E-state index in [1.807, 2.05) is 13.8 Å². The van der Waals surface area contributed by atoms with Crippen molar-refractivity contribution in [3.05, 3.63) is 29.1 Å². The summed E-state index contributed by atoms with van der Waals surface area (Å²) < 4.78 is 18.8. The van der Waals surface area contributed by atoms with Crippen LogP contribution in [0.3, 0.4) is 0 Å². The quantitative estimate of drug-likeness (QED) is 0.830. The Morgan fingerprint density at radius 2 is 2.13 bits per heavy atom. The highest BCUT2D eigenvalue weighted by Crippen LogP contribution is 2.27. The van der Waals surface area contributed by atoms with E-state index in [2.05, 4.69) is 0 Å². The summed E-state index contributed by atoms with van der Waals surface area (Å²) >= 11 is 0. The van der Waals surface area contributed by atoms with Crippen LogP contribution < -0.4 is 4.74 Å². The molecule has 0 aliphatic heterocycles. The van der Waals surface area contributed by atoms with Gasteiger partial charge in [0.15, 0.2) is 0 Å². The van der Waals surface area contributed by atoms with Gasteiger partial charge in [0.1, 0.15) is 11.6 Å². The second-order valence-electron chi connectivity index (χ2n) is 3.62. The van der Waals surface area contributed by atoms with Gasteiger partial charge in [0.05, 0.1) is 7.11 Å². The topological polar surface area (TPSA) is 29.5 Å². The Morgan fingerprint density at radius 1 is 1.47 bits per heavy atom. The Labute approximate surface area is 89.7 Å². The minimum Gasteiger partial charge on any atom is -0.496 e. The molecule has 15 heavy (non-hydrogen) atoms. The van der Waals surface area contributed by atoms with Crippen LogP contribution in [0.5, 0.6) is 5.75 Å². The van der Waals surface area contributed by atoms with Crippen LogP contribution in [-0.2, 0) is 6.42 Å². The first kappa shape index (κ1) is 12.0. The first-order chi connectivity index (χ1) is 7.13. The number of hydrogen-bond acceptors (Lipinski definition) is 2. The summed E-state index contributed by atoms with van der Waals surface area (Å²) in [6.45, 7) is 3.74. The Hall–Kier alpha value is -1.09. The van der Waals surface area contributed by atoms with Gasteiger partial charge in [-0.2, -0.15) is 0 Å². The van der Waals surface area contributed by atoms with Crippen molar-refractivity contribution in [1.82, 2.24) is 0 Å². The molecule has 1 aromatic rings. The van der Waals surface area contributed by atoms with Crippen LogP contribution in [0, 0.1) is 5.82 Å². The lowest BCUT2D eigenvalue weighted by Crippen LogP contribution is -2.03. The molecule has 84 valence electrons. The lowest BCUT2D eigenvalue weighted by atomic mass is 9.98. The number of rotatable bonds is 4. The van der Waals surface area contributed by atoms with E-state index < -0.39 is 0 Å². The van der Waals surface area contributed by atoms with Crippen molar-refractivity contribution in [1.29, 1.82) is 0 Å². The third-order valence-electron chi connectivity index (χ3n) is 2.59. The Morgan fingerprint density at radius 3 is 2.60 bits per heavy atom. The molecule has 0 saturated carbocycles. The van der Waals surface area contributed by atoms with Crippen LogP contribution >= 0.6 is 0 Å². The van der Waals surface area contributed by atoms with Crippen LogP contribution in [-0.4, -0.2) is 18.8 Å². The van der Waals surface area contributed by atoms with E-state index in [9.17, 15) is 4.39 Å². The van der Waals surface area contributed by atoms with E-state index in [1.54, 1.807) is 6.07 Å². The number of benzene rings is 1. The first-order valence-electron chi connectivity index (χ1n) is 5.11. The maximum Gasteiger partial charge on any atom is 0.130 e. The molecule has 0 amide bonds. The average molecular weight is 212 g/mol. The summed E-state index contributed by atoms with van der Waals surface area (Å²) in [6.07, 6.45) is 0.600. The van der Waals surface area contributed by atoms with E-state index in [-0.39, 0.29) is 18.3 Å². The van der Waals surface area contributed by atoms with Gasteiger partial charge in [0, 0.05) is 18.1 Å². The van der Waals surface area contributed by atoms with Gasteiger partial charge < -0.3 is 9.84 Å². The number of aliphatic hydroxyl groups is 1. The largest absolute Gasteiger partial charge is 0.496 e. The number of hydrogen-bond donors (Lipinski definition) is 1. The second kappa shape index (κ2) is 5.12. The molecule has 0 spiro atoms. The molecule has 0 aliphatic carbocycles. The fourth-order valence-corrected chi connectivity index (χ4v) is 1.55. The molecule has 1 N–H and O–H groups in total. The van der Waals surface area contributed by atoms with Gasteiger partial charge in [-0.3, -0.25) is 0 Å². The smallest absolute Gasteiger partial charge is 0.130 e. The van der Waals surface area contributed by atoms with Gasteiger partial charge in [0.2, 0.25) is 0 Å². The summed E-state index contributed by atoms with van der Waals surface area (Å²) in [5.74, 6) is 0.235. The fraction of sp³-hybridized carbons (Fsp3) is 0.500. The van der Waals surface area contributed by atoms with E-state index in [0.717, 1.165) is 5.56 Å². The fourth-order valence-electron chi connectivity index (χ4n) is 1.55. The Kier molecular flexibility index (Phi) is 4.09. The molecular formula is C12H17FO2. The van der Waals surface area contributed by atoms with Crippen molar-refractivity contribution in [2.24, 2.45) is 0 Å². The van der Waals surface area contributed by atoms with E-state index in [4.69, 9.17) is 9.84 Å². The summed E-state index contributed by atoms with van der Waals surface area (Å²) in [5.41, 5.74) is 1.36. The lowest BCUT2D eigenvalue weighted by Gasteiger charge is -2.14. The summed E-state index contributed by atoms with van der Waals surface area (Å²) in [7, 11) is 1.53. The highest BCUT2D eigenvalue weighted by atomic mass is 19.1. The molecule has 2 nitrogen and oxygen atoms in total. The summed E-state index contributed by atoms with van der Waals surface area (Å²) in [6, 6.07) is 3.27. The van der Waals surface area contributed by atoms with Crippen LogP contribution in [0.25, 0.3) is 0 Å². The van der Waals surface area contributed by atoms with Gasteiger partial charge >= 0.3 is 0 Å². The molecular weight excluding hydrogens is 195 g/mol. The number of aliphatic hydroxyl groups excluding tert-OH is 1. The zero-order chi connectivity index (χ0) is 11.4. The normalized spacial score (nSPS) is 12.6. The molecule has 0 aliphatic rings. The molecule has 0 fully saturated rings. The average Bonchev–Trinajstić information content (AvgIpc) is 2.26. The number of ether oxygens (including phenoxy) is 1. The van der Waals surface area contributed by atoms with Crippen molar-refractivity contribution in [3.63, 3.8) is 0 Å². The summed E-state index contributed by atoms with van der Waals surface area (Å²) in [5, 5.41) is 9.01. The van der Waals surface area contributed by atoms with Crippen molar-refractivity contribution >= 4 is 0 Å². The van der Waals surface area contributed by atoms with Crippen molar-refractivity contribution in [3.8, 4) is 5.75 Å². The Balaban J connectivity index is 3.19. The van der Waals surface area contributed by atoms with Crippen molar-refractivity contribution in [2.45, 2.75) is 26.2 Å². The zero-order valence-electron chi connectivity index (χ0n) is 9.38. The molecule has 3 heteroatoms. The van der Waals surface area contributed by atoms with Crippen LogP contribution in [0.1, 0.15) is 30.9 Å². The predicted molar refractivity (Wildman–Crippen MR) is 57.8 cm³/mol. The highest BCUT2D eigenvalue weighted by molar-refractivity contribution is 5.40. The minimum absolute atomic E-state index is 0.00800. The summed E-state index contributed by atoms with van der Waals surface area (Å²) in [4.78, 5) is 0. The number of halogens is 1. The zero-order valence-corrected chi connectivity index (χ0v) is 9.38. The van der Waals surface area contributed by atoms with E-state index in [1.165, 1.54) is 13.2 Å². The lowest BCUT2D eigenvalue weighted by molar-refractivity contribution is 0.272. The third-order valence-corrected chi connectivity index (χ3v) is 2.59. The third kappa shape index (κ3) is 2.48. The van der Waals surface area contributed by atoms with E-state index in [0.29, 0.717) is 17.7 Å².